The summed E-state index contributed by atoms with van der Waals surface area (Å²) in [4.78, 5) is 4.73. The molecule has 0 aliphatic carbocycles. The van der Waals surface area contributed by atoms with Crippen molar-refractivity contribution in [2.75, 3.05) is 0 Å². The van der Waals surface area contributed by atoms with Crippen molar-refractivity contribution < 1.29 is 0 Å². The van der Waals surface area contributed by atoms with Gasteiger partial charge in [0.15, 0.2) is 0 Å². The van der Waals surface area contributed by atoms with Gasteiger partial charge in [-0.15, -0.1) is 0 Å². The predicted molar refractivity (Wildman–Crippen MR) is 89.0 cm³/mol. The highest BCUT2D eigenvalue weighted by atomic mass is 14.7. The second-order valence-electron chi connectivity index (χ2n) is 4.92. The molecule has 0 unspecified atom stereocenters. The molecule has 2 aromatic rings. The van der Waals surface area contributed by atoms with Crippen LogP contribution in [0, 0.1) is 6.92 Å². The van der Waals surface area contributed by atoms with Gasteiger partial charge < -0.3 is 0 Å². The van der Waals surface area contributed by atoms with Gasteiger partial charge in [0.25, 0.3) is 0 Å². The van der Waals surface area contributed by atoms with E-state index in [1.54, 1.807) is 6.08 Å². The highest BCUT2D eigenvalue weighted by Crippen LogP contribution is 2.33. The first-order valence-electron chi connectivity index (χ1n) is 7.03. The molecule has 0 radical (unpaired) electrons. The average molecular weight is 263 g/mol. The number of nitrogens with zero attached hydrogens (tertiary/aromatic N) is 1. The first kappa shape index (κ1) is 14.3. The summed E-state index contributed by atoms with van der Waals surface area (Å²) >= 11 is 0. The van der Waals surface area contributed by atoms with E-state index in [1.807, 2.05) is 13.0 Å². The minimum atomic E-state index is 0.952. The van der Waals surface area contributed by atoms with Crippen LogP contribution in [0.15, 0.2) is 60.1 Å². The summed E-state index contributed by atoms with van der Waals surface area (Å²) in [6, 6.07) is 14.8. The van der Waals surface area contributed by atoms with Crippen molar-refractivity contribution in [3.63, 3.8) is 0 Å². The van der Waals surface area contributed by atoms with Crippen LogP contribution in [0.1, 0.15) is 25.0 Å². The van der Waals surface area contributed by atoms with Crippen molar-refractivity contribution in [2.24, 2.45) is 4.99 Å². The van der Waals surface area contributed by atoms with Gasteiger partial charge >= 0.3 is 0 Å². The van der Waals surface area contributed by atoms with Crippen molar-refractivity contribution in [3.8, 4) is 11.1 Å². The molecule has 2 rings (SSSR count). The van der Waals surface area contributed by atoms with Crippen LogP contribution in [0.5, 0.6) is 0 Å². The maximum absolute atomic E-state index is 4.73. The summed E-state index contributed by atoms with van der Waals surface area (Å²) in [5, 5.41) is 0. The number of benzene rings is 2. The number of hydrogen-bond acceptors (Lipinski definition) is 1. The molecule has 0 aliphatic rings. The van der Waals surface area contributed by atoms with E-state index < -0.39 is 0 Å². The summed E-state index contributed by atoms with van der Waals surface area (Å²) in [6.07, 6.45) is 2.78. The number of aliphatic imine (C=N–C) groups is 1. The lowest BCUT2D eigenvalue weighted by Crippen LogP contribution is -1.92. The zero-order valence-corrected chi connectivity index (χ0v) is 12.5. The first-order valence-corrected chi connectivity index (χ1v) is 7.03. The van der Waals surface area contributed by atoms with Crippen LogP contribution in [0.4, 0.5) is 5.69 Å². The predicted octanol–water partition coefficient (Wildman–Crippen LogP) is 5.50. The Hall–Kier alpha value is -2.15. The minimum Gasteiger partial charge on any atom is -0.253 e. The lowest BCUT2D eigenvalue weighted by molar-refractivity contribution is 1.12. The van der Waals surface area contributed by atoms with Crippen molar-refractivity contribution in [1.82, 2.24) is 0 Å². The number of aryl methyl sites for hydroxylation is 1. The lowest BCUT2D eigenvalue weighted by atomic mass is 9.95. The van der Waals surface area contributed by atoms with E-state index in [4.69, 9.17) is 4.99 Å². The van der Waals surface area contributed by atoms with Crippen molar-refractivity contribution in [2.45, 2.75) is 27.2 Å². The normalized spacial score (nSPS) is 11.4. The molecule has 0 atom stereocenters. The third-order valence-electron chi connectivity index (χ3n) is 3.56. The Morgan fingerprint density at radius 3 is 2.45 bits per heavy atom. The maximum atomic E-state index is 4.73. The van der Waals surface area contributed by atoms with E-state index in [-0.39, 0.29) is 0 Å². The molecule has 0 saturated carbocycles. The summed E-state index contributed by atoms with van der Waals surface area (Å²) < 4.78 is 0. The topological polar surface area (TPSA) is 12.4 Å². The summed E-state index contributed by atoms with van der Waals surface area (Å²) in [6.45, 7) is 10.1. The molecule has 102 valence electrons. The Morgan fingerprint density at radius 1 is 1.15 bits per heavy atom. The van der Waals surface area contributed by atoms with Gasteiger partial charge in [0.1, 0.15) is 0 Å². The molecule has 0 aromatic heterocycles. The van der Waals surface area contributed by atoms with Crippen molar-refractivity contribution >= 4 is 11.4 Å². The largest absolute Gasteiger partial charge is 0.253 e. The summed E-state index contributed by atoms with van der Waals surface area (Å²) in [7, 11) is 0. The molecule has 20 heavy (non-hydrogen) atoms. The minimum absolute atomic E-state index is 0.952. The third-order valence-corrected chi connectivity index (χ3v) is 3.56. The average Bonchev–Trinajstić information content (AvgIpc) is 2.49. The molecule has 0 N–H and O–H groups in total. The number of rotatable bonds is 4. The Kier molecular flexibility index (Phi) is 4.52. The van der Waals surface area contributed by atoms with E-state index in [9.17, 15) is 0 Å². The molecule has 1 heteroatoms. The molecule has 0 fully saturated rings. The van der Waals surface area contributed by atoms with Gasteiger partial charge in [-0.2, -0.15) is 0 Å². The highest BCUT2D eigenvalue weighted by molar-refractivity contribution is 5.95. The fraction of sp³-hybridized carbons (Fsp3) is 0.211. The van der Waals surface area contributed by atoms with Gasteiger partial charge in [-0.25, -0.2) is 0 Å². The second-order valence-corrected chi connectivity index (χ2v) is 4.92. The monoisotopic (exact) mass is 263 g/mol. The Balaban J connectivity index is 2.63. The van der Waals surface area contributed by atoms with Gasteiger partial charge in [0.2, 0.25) is 0 Å². The van der Waals surface area contributed by atoms with E-state index >= 15 is 0 Å². The van der Waals surface area contributed by atoms with Crippen LogP contribution in [-0.4, -0.2) is 5.71 Å². The molecule has 0 heterocycles. The zero-order valence-electron chi connectivity index (χ0n) is 12.5. The maximum Gasteiger partial charge on any atom is 0.0700 e. The molecule has 0 spiro atoms. The molecule has 0 bridgehead atoms. The van der Waals surface area contributed by atoms with Crippen LogP contribution < -0.4 is 0 Å². The van der Waals surface area contributed by atoms with Crippen molar-refractivity contribution in [3.05, 3.63) is 66.2 Å². The Morgan fingerprint density at radius 2 is 1.85 bits per heavy atom. The van der Waals surface area contributed by atoms with Crippen LogP contribution in [0.2, 0.25) is 0 Å². The van der Waals surface area contributed by atoms with E-state index in [0.717, 1.165) is 17.8 Å². The zero-order chi connectivity index (χ0) is 14.5. The standard InChI is InChI=1S/C19H21N/c1-5-14(3)20-19-15(4)18(13-12-16(19)6-2)17-10-8-7-9-11-17/h5,7-13H,1,6H2,2-4H3/b20-14-. The van der Waals surface area contributed by atoms with Gasteiger partial charge in [-0.1, -0.05) is 56.0 Å². The van der Waals surface area contributed by atoms with E-state index in [1.165, 1.54) is 22.3 Å². The van der Waals surface area contributed by atoms with Gasteiger partial charge in [-0.3, -0.25) is 4.99 Å². The molecule has 0 aliphatic heterocycles. The molecular formula is C19H21N. The third kappa shape index (κ3) is 2.88. The van der Waals surface area contributed by atoms with Crippen LogP contribution in [0.3, 0.4) is 0 Å². The lowest BCUT2D eigenvalue weighted by Gasteiger charge is -2.13. The highest BCUT2D eigenvalue weighted by Gasteiger charge is 2.09. The molecule has 0 saturated heterocycles. The Labute approximate surface area is 121 Å². The SMILES string of the molecule is C=C/C(C)=N\c1c(CC)ccc(-c2ccccc2)c1C. The number of hydrogen-bond donors (Lipinski definition) is 0. The van der Waals surface area contributed by atoms with E-state index in [0.29, 0.717) is 0 Å². The molecule has 2 aromatic carbocycles. The molecule has 1 nitrogen and oxygen atoms in total. The van der Waals surface area contributed by atoms with Crippen LogP contribution >= 0.6 is 0 Å². The Bertz CT molecular complexity index is 636. The van der Waals surface area contributed by atoms with Gasteiger partial charge in [0, 0.05) is 5.71 Å². The van der Waals surface area contributed by atoms with E-state index in [2.05, 4.69) is 56.8 Å². The molecular weight excluding hydrogens is 242 g/mol. The summed E-state index contributed by atoms with van der Waals surface area (Å²) in [5.74, 6) is 0. The van der Waals surface area contributed by atoms with Gasteiger partial charge in [-0.05, 0) is 48.6 Å². The van der Waals surface area contributed by atoms with Crippen LogP contribution in [-0.2, 0) is 6.42 Å². The fourth-order valence-corrected chi connectivity index (χ4v) is 2.35. The second kappa shape index (κ2) is 6.33. The molecule has 0 amide bonds. The fourth-order valence-electron chi connectivity index (χ4n) is 2.35. The van der Waals surface area contributed by atoms with Crippen LogP contribution in [0.25, 0.3) is 11.1 Å². The number of allylic oxidation sites excluding steroid dienone is 1. The van der Waals surface area contributed by atoms with Gasteiger partial charge in [0.05, 0.1) is 5.69 Å². The quantitative estimate of drug-likeness (QED) is 0.646. The first-order chi connectivity index (χ1) is 9.67. The smallest absolute Gasteiger partial charge is 0.0700 e. The summed E-state index contributed by atoms with van der Waals surface area (Å²) in [5.41, 5.74) is 7.04. The van der Waals surface area contributed by atoms with Crippen molar-refractivity contribution in [1.29, 1.82) is 0 Å².